The van der Waals surface area contributed by atoms with E-state index in [-0.39, 0.29) is 5.82 Å². The van der Waals surface area contributed by atoms with Gasteiger partial charge in [0.2, 0.25) is 5.16 Å². The smallest absolute Gasteiger partial charge is 0.205 e. The molecule has 4 nitrogen and oxygen atoms in total. The van der Waals surface area contributed by atoms with Crippen molar-refractivity contribution in [2.45, 2.75) is 10.9 Å². The van der Waals surface area contributed by atoms with Gasteiger partial charge in [0.15, 0.2) is 0 Å². The predicted molar refractivity (Wildman–Crippen MR) is 85.1 cm³/mol. The van der Waals surface area contributed by atoms with Crippen LogP contribution < -0.4 is 0 Å². The SMILES string of the molecule is Fc1ccccc1-n1nnnc1SCc1ccc(Cl)cc1Cl. The molecule has 3 aromatic rings. The Morgan fingerprint density at radius 1 is 1.14 bits per heavy atom. The summed E-state index contributed by atoms with van der Waals surface area (Å²) in [5, 5.41) is 13.0. The first kappa shape index (κ1) is 15.3. The Hall–Kier alpha value is -1.63. The number of benzene rings is 2. The maximum atomic E-state index is 13.8. The van der Waals surface area contributed by atoms with Crippen LogP contribution in [0.3, 0.4) is 0 Å². The number of hydrogen-bond donors (Lipinski definition) is 0. The lowest BCUT2D eigenvalue weighted by Gasteiger charge is -2.06. The van der Waals surface area contributed by atoms with Gasteiger partial charge >= 0.3 is 0 Å². The van der Waals surface area contributed by atoms with E-state index in [0.717, 1.165) is 5.56 Å². The molecule has 0 radical (unpaired) electrons. The van der Waals surface area contributed by atoms with Gasteiger partial charge in [-0.3, -0.25) is 0 Å². The fraction of sp³-hybridized carbons (Fsp3) is 0.0714. The zero-order valence-corrected chi connectivity index (χ0v) is 13.4. The normalized spacial score (nSPS) is 10.9. The molecule has 0 bridgehead atoms. The molecule has 8 heteroatoms. The number of para-hydroxylation sites is 1. The second-order valence-corrected chi connectivity index (χ2v) is 6.14. The van der Waals surface area contributed by atoms with Crippen molar-refractivity contribution in [1.29, 1.82) is 0 Å². The molecule has 1 aromatic heterocycles. The maximum absolute atomic E-state index is 13.8. The quantitative estimate of drug-likeness (QED) is 0.651. The van der Waals surface area contributed by atoms with Crippen LogP contribution in [0.4, 0.5) is 4.39 Å². The molecule has 0 atom stereocenters. The van der Waals surface area contributed by atoms with Gasteiger partial charge in [0.25, 0.3) is 0 Å². The number of nitrogens with zero attached hydrogens (tertiary/aromatic N) is 4. The van der Waals surface area contributed by atoms with Crippen LogP contribution in [0, 0.1) is 5.82 Å². The summed E-state index contributed by atoms with van der Waals surface area (Å²) in [5.74, 6) is 0.159. The molecule has 0 saturated carbocycles. The van der Waals surface area contributed by atoms with Crippen LogP contribution >= 0.6 is 35.0 Å². The Bertz CT molecular complexity index is 809. The second-order valence-electron chi connectivity index (χ2n) is 4.35. The lowest BCUT2D eigenvalue weighted by atomic mass is 10.2. The predicted octanol–water partition coefficient (Wildman–Crippen LogP) is 4.40. The van der Waals surface area contributed by atoms with Crippen molar-refractivity contribution in [3.8, 4) is 5.69 Å². The molecule has 0 spiro atoms. The number of thioether (sulfide) groups is 1. The van der Waals surface area contributed by atoms with Gasteiger partial charge in [-0.1, -0.05) is 53.2 Å². The Balaban J connectivity index is 1.83. The van der Waals surface area contributed by atoms with Crippen molar-refractivity contribution in [3.63, 3.8) is 0 Å². The molecule has 0 amide bonds. The molecular weight excluding hydrogens is 346 g/mol. The van der Waals surface area contributed by atoms with E-state index < -0.39 is 0 Å². The van der Waals surface area contributed by atoms with Crippen molar-refractivity contribution in [2.75, 3.05) is 0 Å². The molecule has 0 aliphatic carbocycles. The minimum atomic E-state index is -0.388. The van der Waals surface area contributed by atoms with E-state index >= 15 is 0 Å². The summed E-state index contributed by atoms with van der Waals surface area (Å²) >= 11 is 13.4. The zero-order valence-electron chi connectivity index (χ0n) is 11.1. The first-order chi connectivity index (χ1) is 10.6. The highest BCUT2D eigenvalue weighted by molar-refractivity contribution is 7.98. The largest absolute Gasteiger partial charge is 0.214 e. The van der Waals surface area contributed by atoms with E-state index in [1.54, 1.807) is 30.3 Å². The summed E-state index contributed by atoms with van der Waals surface area (Å²) in [6.07, 6.45) is 0. The van der Waals surface area contributed by atoms with Crippen LogP contribution in [-0.2, 0) is 5.75 Å². The van der Waals surface area contributed by atoms with Crippen molar-refractivity contribution >= 4 is 35.0 Å². The van der Waals surface area contributed by atoms with Crippen LogP contribution in [-0.4, -0.2) is 20.2 Å². The van der Waals surface area contributed by atoms with E-state index in [1.807, 2.05) is 6.07 Å². The second kappa shape index (κ2) is 6.64. The summed E-state index contributed by atoms with van der Waals surface area (Å²) < 4.78 is 15.2. The highest BCUT2D eigenvalue weighted by Crippen LogP contribution is 2.28. The molecule has 3 rings (SSSR count). The third kappa shape index (κ3) is 3.24. The van der Waals surface area contributed by atoms with Crippen LogP contribution in [0.25, 0.3) is 5.69 Å². The number of hydrogen-bond acceptors (Lipinski definition) is 4. The summed E-state index contributed by atoms with van der Waals surface area (Å²) in [6, 6.07) is 11.6. The summed E-state index contributed by atoms with van der Waals surface area (Å²) in [4.78, 5) is 0. The van der Waals surface area contributed by atoms with Gasteiger partial charge in [0.05, 0.1) is 0 Å². The molecule has 1 heterocycles. The third-order valence-electron chi connectivity index (χ3n) is 2.89. The monoisotopic (exact) mass is 354 g/mol. The lowest BCUT2D eigenvalue weighted by Crippen LogP contribution is -2.01. The summed E-state index contributed by atoms with van der Waals surface area (Å²) in [7, 11) is 0. The Morgan fingerprint density at radius 3 is 2.73 bits per heavy atom. The van der Waals surface area contributed by atoms with Crippen molar-refractivity contribution in [1.82, 2.24) is 20.2 Å². The van der Waals surface area contributed by atoms with Gasteiger partial charge in [0, 0.05) is 15.8 Å². The lowest BCUT2D eigenvalue weighted by molar-refractivity contribution is 0.599. The third-order valence-corrected chi connectivity index (χ3v) is 4.45. The Kier molecular flexibility index (Phi) is 4.61. The van der Waals surface area contributed by atoms with Crippen LogP contribution in [0.15, 0.2) is 47.6 Å². The Morgan fingerprint density at radius 2 is 1.95 bits per heavy atom. The molecule has 0 saturated heterocycles. The first-order valence-electron chi connectivity index (χ1n) is 6.25. The number of aromatic nitrogens is 4. The number of rotatable bonds is 4. The summed E-state index contributed by atoms with van der Waals surface area (Å²) in [6.45, 7) is 0. The van der Waals surface area contributed by atoms with Gasteiger partial charge in [-0.05, 0) is 40.3 Å². The van der Waals surface area contributed by atoms with Crippen LogP contribution in [0.5, 0.6) is 0 Å². The molecule has 0 unspecified atom stereocenters. The fourth-order valence-corrected chi connectivity index (χ4v) is 3.27. The van der Waals surface area contributed by atoms with E-state index in [1.165, 1.54) is 22.5 Å². The van der Waals surface area contributed by atoms with Crippen molar-refractivity contribution < 1.29 is 4.39 Å². The molecule has 112 valence electrons. The van der Waals surface area contributed by atoms with Gasteiger partial charge in [0.1, 0.15) is 11.5 Å². The molecule has 0 fully saturated rings. The van der Waals surface area contributed by atoms with E-state index in [0.29, 0.717) is 26.6 Å². The maximum Gasteiger partial charge on any atom is 0.214 e. The van der Waals surface area contributed by atoms with E-state index in [2.05, 4.69) is 15.5 Å². The van der Waals surface area contributed by atoms with Crippen LogP contribution in [0.1, 0.15) is 5.56 Å². The minimum Gasteiger partial charge on any atom is -0.205 e. The first-order valence-corrected chi connectivity index (χ1v) is 7.99. The number of halogens is 3. The van der Waals surface area contributed by atoms with Crippen molar-refractivity contribution in [2.24, 2.45) is 0 Å². The Labute approximate surface area is 140 Å². The molecule has 2 aromatic carbocycles. The van der Waals surface area contributed by atoms with Crippen LogP contribution in [0.2, 0.25) is 10.0 Å². The van der Waals surface area contributed by atoms with E-state index in [9.17, 15) is 4.39 Å². The molecule has 0 N–H and O–H groups in total. The van der Waals surface area contributed by atoms with Gasteiger partial charge in [-0.25, -0.2) is 4.39 Å². The summed E-state index contributed by atoms with van der Waals surface area (Å²) in [5.41, 5.74) is 1.20. The fourth-order valence-electron chi connectivity index (χ4n) is 1.82. The average molecular weight is 355 g/mol. The van der Waals surface area contributed by atoms with Crippen molar-refractivity contribution in [3.05, 3.63) is 63.9 Å². The zero-order chi connectivity index (χ0) is 15.5. The highest BCUT2D eigenvalue weighted by atomic mass is 35.5. The highest BCUT2D eigenvalue weighted by Gasteiger charge is 2.13. The van der Waals surface area contributed by atoms with Gasteiger partial charge < -0.3 is 0 Å². The molecule has 0 aliphatic rings. The standard InChI is InChI=1S/C14H9Cl2FN4S/c15-10-6-5-9(11(16)7-10)8-22-14-18-19-20-21(14)13-4-2-1-3-12(13)17/h1-7H,8H2. The minimum absolute atomic E-state index is 0.303. The van der Waals surface area contributed by atoms with Gasteiger partial charge in [-0.2, -0.15) is 4.68 Å². The molecule has 0 aliphatic heterocycles. The molecule has 22 heavy (non-hydrogen) atoms. The number of tetrazole rings is 1. The molecular formula is C14H9Cl2FN4S. The van der Waals surface area contributed by atoms with Gasteiger partial charge in [-0.15, -0.1) is 5.10 Å². The topological polar surface area (TPSA) is 43.6 Å². The van der Waals surface area contributed by atoms with E-state index in [4.69, 9.17) is 23.2 Å². The average Bonchev–Trinajstić information content (AvgIpc) is 2.95.